The zero-order chi connectivity index (χ0) is 12.8. The molecular formula is C14H20N2O. The highest BCUT2D eigenvalue weighted by atomic mass is 16.5. The van der Waals surface area contributed by atoms with Gasteiger partial charge in [0.15, 0.2) is 0 Å². The van der Waals surface area contributed by atoms with Crippen LogP contribution < -0.4 is 10.1 Å². The standard InChI is InChI=1S/C14H20N2O/c1-10(2)11(3)9-16-14-7-13(17-4)6-5-12(14)8-15/h5-7,10-11,16H,9H2,1-4H3. The Kier molecular flexibility index (Phi) is 4.84. The molecule has 1 N–H and O–H groups in total. The van der Waals surface area contributed by atoms with Gasteiger partial charge in [-0.25, -0.2) is 0 Å². The summed E-state index contributed by atoms with van der Waals surface area (Å²) in [6, 6.07) is 7.63. The lowest BCUT2D eigenvalue weighted by molar-refractivity contribution is 0.414. The van der Waals surface area contributed by atoms with Crippen LogP contribution in [0.15, 0.2) is 18.2 Å². The van der Waals surface area contributed by atoms with Crippen molar-refractivity contribution >= 4 is 5.69 Å². The molecular weight excluding hydrogens is 212 g/mol. The maximum Gasteiger partial charge on any atom is 0.121 e. The molecule has 0 aliphatic rings. The first kappa shape index (κ1) is 13.4. The molecule has 0 amide bonds. The second-order valence-electron chi connectivity index (χ2n) is 4.63. The third kappa shape index (κ3) is 3.67. The van der Waals surface area contributed by atoms with Crippen LogP contribution in [0.4, 0.5) is 5.69 Å². The summed E-state index contributed by atoms with van der Waals surface area (Å²) in [6.07, 6.45) is 0. The molecule has 0 aliphatic carbocycles. The summed E-state index contributed by atoms with van der Waals surface area (Å²) in [4.78, 5) is 0. The van der Waals surface area contributed by atoms with E-state index in [2.05, 4.69) is 32.2 Å². The smallest absolute Gasteiger partial charge is 0.121 e. The predicted molar refractivity (Wildman–Crippen MR) is 70.2 cm³/mol. The Labute approximate surface area is 103 Å². The maximum atomic E-state index is 9.03. The van der Waals surface area contributed by atoms with Gasteiger partial charge in [0.25, 0.3) is 0 Å². The second kappa shape index (κ2) is 6.15. The third-order valence-corrected chi connectivity index (χ3v) is 3.10. The molecule has 0 saturated carbocycles. The van der Waals surface area contributed by atoms with Crippen LogP contribution in [0.25, 0.3) is 0 Å². The van der Waals surface area contributed by atoms with Gasteiger partial charge < -0.3 is 10.1 Å². The first-order valence-electron chi connectivity index (χ1n) is 5.90. The van der Waals surface area contributed by atoms with E-state index in [1.807, 2.05) is 6.07 Å². The van der Waals surface area contributed by atoms with Crippen molar-refractivity contribution < 1.29 is 4.74 Å². The lowest BCUT2D eigenvalue weighted by Crippen LogP contribution is -2.16. The van der Waals surface area contributed by atoms with Gasteiger partial charge in [0.2, 0.25) is 0 Å². The van der Waals surface area contributed by atoms with E-state index in [1.54, 1.807) is 19.2 Å². The lowest BCUT2D eigenvalue weighted by atomic mass is 9.98. The molecule has 0 spiro atoms. The molecule has 3 nitrogen and oxygen atoms in total. The SMILES string of the molecule is COc1ccc(C#N)c(NCC(C)C(C)C)c1. The molecule has 1 aromatic rings. The third-order valence-electron chi connectivity index (χ3n) is 3.10. The minimum atomic E-state index is 0.563. The number of nitriles is 1. The van der Waals surface area contributed by atoms with Crippen LogP contribution in [-0.4, -0.2) is 13.7 Å². The summed E-state index contributed by atoms with van der Waals surface area (Å²) >= 11 is 0. The summed E-state index contributed by atoms with van der Waals surface area (Å²) in [6.45, 7) is 7.45. The highest BCUT2D eigenvalue weighted by Crippen LogP contribution is 2.22. The Morgan fingerprint density at radius 2 is 2.06 bits per heavy atom. The van der Waals surface area contributed by atoms with Crippen molar-refractivity contribution in [2.75, 3.05) is 19.0 Å². The van der Waals surface area contributed by atoms with Crippen molar-refractivity contribution in [2.24, 2.45) is 11.8 Å². The Balaban J connectivity index is 2.78. The van der Waals surface area contributed by atoms with Crippen LogP contribution >= 0.6 is 0 Å². The summed E-state index contributed by atoms with van der Waals surface area (Å²) in [5, 5.41) is 12.3. The van der Waals surface area contributed by atoms with Gasteiger partial charge >= 0.3 is 0 Å². The number of hydrogen-bond acceptors (Lipinski definition) is 3. The molecule has 0 aliphatic heterocycles. The van der Waals surface area contributed by atoms with Crippen molar-refractivity contribution in [1.82, 2.24) is 0 Å². The molecule has 0 aromatic heterocycles. The lowest BCUT2D eigenvalue weighted by Gasteiger charge is -2.17. The minimum absolute atomic E-state index is 0.563. The van der Waals surface area contributed by atoms with Gasteiger partial charge in [-0.05, 0) is 24.0 Å². The molecule has 17 heavy (non-hydrogen) atoms. The number of benzene rings is 1. The molecule has 0 bridgehead atoms. The van der Waals surface area contributed by atoms with Gasteiger partial charge in [-0.1, -0.05) is 20.8 Å². The number of hydrogen-bond donors (Lipinski definition) is 1. The van der Waals surface area contributed by atoms with Crippen LogP contribution in [0.2, 0.25) is 0 Å². The van der Waals surface area contributed by atoms with Crippen LogP contribution in [0.3, 0.4) is 0 Å². The molecule has 3 heteroatoms. The second-order valence-corrected chi connectivity index (χ2v) is 4.63. The van der Waals surface area contributed by atoms with Crippen molar-refractivity contribution in [3.63, 3.8) is 0 Å². The van der Waals surface area contributed by atoms with Gasteiger partial charge in [-0.2, -0.15) is 5.26 Å². The highest BCUT2D eigenvalue weighted by Gasteiger charge is 2.09. The highest BCUT2D eigenvalue weighted by molar-refractivity contribution is 5.60. The van der Waals surface area contributed by atoms with E-state index in [9.17, 15) is 0 Å². The van der Waals surface area contributed by atoms with Crippen molar-refractivity contribution in [2.45, 2.75) is 20.8 Å². The number of ether oxygens (including phenoxy) is 1. The molecule has 0 radical (unpaired) electrons. The fourth-order valence-corrected chi connectivity index (χ4v) is 1.40. The topological polar surface area (TPSA) is 45.0 Å². The molecule has 1 atom stereocenters. The average molecular weight is 232 g/mol. The monoisotopic (exact) mass is 232 g/mol. The zero-order valence-corrected chi connectivity index (χ0v) is 10.9. The Hall–Kier alpha value is -1.69. The van der Waals surface area contributed by atoms with Crippen LogP contribution in [0.5, 0.6) is 5.75 Å². The Bertz CT molecular complexity index is 407. The molecule has 0 fully saturated rings. The van der Waals surface area contributed by atoms with Crippen molar-refractivity contribution in [3.05, 3.63) is 23.8 Å². The number of anilines is 1. The summed E-state index contributed by atoms with van der Waals surface area (Å²) in [5.41, 5.74) is 1.50. The first-order valence-corrected chi connectivity index (χ1v) is 5.90. The fraction of sp³-hybridized carbons (Fsp3) is 0.500. The van der Waals surface area contributed by atoms with Crippen LogP contribution in [-0.2, 0) is 0 Å². The maximum absolute atomic E-state index is 9.03. The predicted octanol–water partition coefficient (Wildman–Crippen LogP) is 3.27. The Morgan fingerprint density at radius 3 is 2.59 bits per heavy atom. The normalized spacial score (nSPS) is 12.0. The molecule has 1 rings (SSSR count). The van der Waals surface area contributed by atoms with E-state index in [-0.39, 0.29) is 0 Å². The van der Waals surface area contributed by atoms with Gasteiger partial charge in [0, 0.05) is 12.6 Å². The number of nitrogens with zero attached hydrogens (tertiary/aromatic N) is 1. The average Bonchev–Trinajstić information content (AvgIpc) is 2.35. The molecule has 0 saturated heterocycles. The Morgan fingerprint density at radius 1 is 1.35 bits per heavy atom. The van der Waals surface area contributed by atoms with Gasteiger partial charge in [0.05, 0.1) is 18.4 Å². The van der Waals surface area contributed by atoms with Gasteiger partial charge in [-0.3, -0.25) is 0 Å². The van der Waals surface area contributed by atoms with E-state index in [0.717, 1.165) is 18.0 Å². The van der Waals surface area contributed by atoms with Gasteiger partial charge in [-0.15, -0.1) is 0 Å². The summed E-state index contributed by atoms with van der Waals surface area (Å²) in [5.74, 6) is 1.95. The van der Waals surface area contributed by atoms with Crippen molar-refractivity contribution in [3.8, 4) is 11.8 Å². The van der Waals surface area contributed by atoms with Crippen molar-refractivity contribution in [1.29, 1.82) is 5.26 Å². The first-order chi connectivity index (χ1) is 8.08. The summed E-state index contributed by atoms with van der Waals surface area (Å²) < 4.78 is 5.16. The number of methoxy groups -OCH3 is 1. The quantitative estimate of drug-likeness (QED) is 0.847. The van der Waals surface area contributed by atoms with Gasteiger partial charge in [0.1, 0.15) is 11.8 Å². The molecule has 1 aromatic carbocycles. The number of nitrogens with one attached hydrogen (secondary N) is 1. The molecule has 0 heterocycles. The van der Waals surface area contributed by atoms with E-state index in [1.165, 1.54) is 0 Å². The van der Waals surface area contributed by atoms with Crippen LogP contribution in [0, 0.1) is 23.2 Å². The minimum Gasteiger partial charge on any atom is -0.497 e. The molecule has 92 valence electrons. The largest absolute Gasteiger partial charge is 0.497 e. The zero-order valence-electron chi connectivity index (χ0n) is 10.9. The van der Waals surface area contributed by atoms with E-state index in [0.29, 0.717) is 17.4 Å². The summed E-state index contributed by atoms with van der Waals surface area (Å²) in [7, 11) is 1.63. The number of rotatable bonds is 5. The molecule has 1 unspecified atom stereocenters. The fourth-order valence-electron chi connectivity index (χ4n) is 1.40. The van der Waals surface area contributed by atoms with E-state index >= 15 is 0 Å². The van der Waals surface area contributed by atoms with Crippen LogP contribution in [0.1, 0.15) is 26.3 Å². The van der Waals surface area contributed by atoms with E-state index in [4.69, 9.17) is 10.00 Å². The van der Waals surface area contributed by atoms with E-state index < -0.39 is 0 Å².